The smallest absolute Gasteiger partial charge is 0.0575 e. The highest BCUT2D eigenvalue weighted by molar-refractivity contribution is 6.31. The number of hydrogen-bond donors (Lipinski definition) is 0. The van der Waals surface area contributed by atoms with E-state index in [1.165, 1.54) is 19.3 Å². The number of alkyl halides is 1. The molecule has 1 saturated heterocycles. The molecule has 3 heteroatoms. The Balaban J connectivity index is 1.74. The average molecular weight is 287 g/mol. The number of halogens is 2. The molecule has 1 fully saturated rings. The van der Waals surface area contributed by atoms with Crippen molar-refractivity contribution >= 4 is 23.2 Å². The highest BCUT2D eigenvalue weighted by Crippen LogP contribution is 2.23. The highest BCUT2D eigenvalue weighted by Gasteiger charge is 2.16. The molecule has 1 aromatic carbocycles. The van der Waals surface area contributed by atoms with Gasteiger partial charge in [-0.05, 0) is 50.2 Å². The third-order valence-electron chi connectivity index (χ3n) is 3.48. The molecule has 1 aliphatic heterocycles. The lowest BCUT2D eigenvalue weighted by Crippen LogP contribution is -2.20. The third-order valence-corrected chi connectivity index (χ3v) is 4.22. The predicted molar refractivity (Wildman–Crippen MR) is 77.6 cm³/mol. The lowest BCUT2D eigenvalue weighted by Gasteiger charge is -2.23. The van der Waals surface area contributed by atoms with Gasteiger partial charge in [-0.15, -0.1) is 11.6 Å². The summed E-state index contributed by atoms with van der Waals surface area (Å²) in [6.45, 7) is 0.919. The molecule has 0 spiro atoms. The molecule has 0 radical (unpaired) electrons. The molecule has 2 atom stereocenters. The molecule has 0 N–H and O–H groups in total. The summed E-state index contributed by atoms with van der Waals surface area (Å²) in [5, 5.41) is 0.965. The normalized spacial score (nSPS) is 21.8. The van der Waals surface area contributed by atoms with Crippen molar-refractivity contribution in [2.45, 2.75) is 50.0 Å². The van der Waals surface area contributed by atoms with E-state index in [0.29, 0.717) is 6.10 Å². The van der Waals surface area contributed by atoms with Crippen molar-refractivity contribution in [3.63, 3.8) is 0 Å². The van der Waals surface area contributed by atoms with E-state index in [0.717, 1.165) is 36.5 Å². The third kappa shape index (κ3) is 4.46. The molecule has 0 amide bonds. The van der Waals surface area contributed by atoms with Gasteiger partial charge >= 0.3 is 0 Å². The highest BCUT2D eigenvalue weighted by atomic mass is 35.5. The molecule has 2 rings (SSSR count). The average Bonchev–Trinajstić information content (AvgIpc) is 2.40. The van der Waals surface area contributed by atoms with Crippen molar-refractivity contribution in [1.82, 2.24) is 0 Å². The maximum atomic E-state index is 6.39. The molecule has 0 saturated carbocycles. The zero-order valence-electron chi connectivity index (χ0n) is 10.6. The van der Waals surface area contributed by atoms with Crippen LogP contribution in [-0.4, -0.2) is 18.1 Å². The van der Waals surface area contributed by atoms with Gasteiger partial charge in [0, 0.05) is 17.0 Å². The van der Waals surface area contributed by atoms with Gasteiger partial charge in [-0.2, -0.15) is 0 Å². The second kappa shape index (κ2) is 7.37. The molecule has 1 aromatic rings. The zero-order chi connectivity index (χ0) is 12.8. The molecule has 2 unspecified atom stereocenters. The van der Waals surface area contributed by atoms with E-state index < -0.39 is 0 Å². The Morgan fingerprint density at radius 3 is 2.83 bits per heavy atom. The van der Waals surface area contributed by atoms with Crippen LogP contribution in [-0.2, 0) is 11.2 Å². The summed E-state index contributed by atoms with van der Waals surface area (Å²) in [6, 6.07) is 7.93. The van der Waals surface area contributed by atoms with Gasteiger partial charge in [0.25, 0.3) is 0 Å². The fraction of sp³-hybridized carbons (Fsp3) is 0.600. The Morgan fingerprint density at radius 2 is 2.11 bits per heavy atom. The van der Waals surface area contributed by atoms with E-state index in [1.807, 2.05) is 18.2 Å². The molecule has 0 aliphatic carbocycles. The number of rotatable bonds is 5. The Kier molecular flexibility index (Phi) is 5.81. The van der Waals surface area contributed by atoms with Crippen molar-refractivity contribution in [2.75, 3.05) is 6.61 Å². The topological polar surface area (TPSA) is 9.23 Å². The lowest BCUT2D eigenvalue weighted by molar-refractivity contribution is 0.0100. The van der Waals surface area contributed by atoms with Crippen LogP contribution in [0.15, 0.2) is 24.3 Å². The minimum atomic E-state index is 0.149. The monoisotopic (exact) mass is 286 g/mol. The Morgan fingerprint density at radius 1 is 1.28 bits per heavy atom. The van der Waals surface area contributed by atoms with Crippen molar-refractivity contribution in [3.05, 3.63) is 34.9 Å². The molecule has 0 aromatic heterocycles. The number of benzene rings is 1. The van der Waals surface area contributed by atoms with Gasteiger partial charge in [0.1, 0.15) is 0 Å². The summed E-state index contributed by atoms with van der Waals surface area (Å²) in [5.74, 6) is 0. The summed E-state index contributed by atoms with van der Waals surface area (Å²) in [7, 11) is 0. The first kappa shape index (κ1) is 14.2. The lowest BCUT2D eigenvalue weighted by atomic mass is 10.0. The predicted octanol–water partition coefficient (Wildman–Crippen LogP) is 4.84. The van der Waals surface area contributed by atoms with Crippen LogP contribution >= 0.6 is 23.2 Å². The van der Waals surface area contributed by atoms with Gasteiger partial charge in [-0.1, -0.05) is 29.8 Å². The maximum Gasteiger partial charge on any atom is 0.0575 e. The summed E-state index contributed by atoms with van der Waals surface area (Å²) in [4.78, 5) is 0. The van der Waals surface area contributed by atoms with E-state index in [4.69, 9.17) is 27.9 Å². The molecule has 1 aliphatic rings. The Hall–Kier alpha value is -0.240. The van der Waals surface area contributed by atoms with Crippen LogP contribution in [0.25, 0.3) is 0 Å². The van der Waals surface area contributed by atoms with Crippen LogP contribution in [0.4, 0.5) is 0 Å². The fourth-order valence-electron chi connectivity index (χ4n) is 2.41. The van der Waals surface area contributed by atoms with Crippen molar-refractivity contribution in [2.24, 2.45) is 0 Å². The van der Waals surface area contributed by atoms with Crippen LogP contribution < -0.4 is 0 Å². The van der Waals surface area contributed by atoms with Crippen LogP contribution in [0, 0.1) is 0 Å². The molecule has 1 nitrogen and oxygen atoms in total. The Labute approximate surface area is 119 Å². The van der Waals surface area contributed by atoms with E-state index >= 15 is 0 Å². The van der Waals surface area contributed by atoms with E-state index in [9.17, 15) is 0 Å². The fourth-order valence-corrected chi connectivity index (χ4v) is 2.91. The van der Waals surface area contributed by atoms with Gasteiger partial charge in [-0.3, -0.25) is 0 Å². The molecule has 18 heavy (non-hydrogen) atoms. The second-order valence-corrected chi connectivity index (χ2v) is 5.98. The summed E-state index contributed by atoms with van der Waals surface area (Å²) in [5.41, 5.74) is 1.14. The summed E-state index contributed by atoms with van der Waals surface area (Å²) >= 11 is 12.5. The summed E-state index contributed by atoms with van der Waals surface area (Å²) in [6.07, 6.45) is 7.02. The van der Waals surface area contributed by atoms with Crippen molar-refractivity contribution < 1.29 is 4.74 Å². The SMILES string of the molecule is Clc1ccccc1CC(Cl)CCC1CCCCO1. The van der Waals surface area contributed by atoms with Gasteiger partial charge in [0.2, 0.25) is 0 Å². The molecule has 100 valence electrons. The van der Waals surface area contributed by atoms with Crippen LogP contribution in [0.1, 0.15) is 37.7 Å². The zero-order valence-corrected chi connectivity index (χ0v) is 12.1. The standard InChI is InChI=1S/C15H20Cl2O/c16-13(8-9-14-6-3-4-10-18-14)11-12-5-1-2-7-15(12)17/h1-2,5,7,13-14H,3-4,6,8-11H2. The molecular formula is C15H20Cl2O. The molecular weight excluding hydrogens is 267 g/mol. The van der Waals surface area contributed by atoms with Crippen LogP contribution in [0.5, 0.6) is 0 Å². The first-order valence-electron chi connectivity index (χ1n) is 6.75. The van der Waals surface area contributed by atoms with Gasteiger partial charge < -0.3 is 4.74 Å². The van der Waals surface area contributed by atoms with E-state index in [1.54, 1.807) is 0 Å². The van der Waals surface area contributed by atoms with Crippen LogP contribution in [0.2, 0.25) is 5.02 Å². The number of ether oxygens (including phenoxy) is 1. The van der Waals surface area contributed by atoms with Crippen molar-refractivity contribution in [3.8, 4) is 0 Å². The quantitative estimate of drug-likeness (QED) is 0.704. The van der Waals surface area contributed by atoms with E-state index in [2.05, 4.69) is 6.07 Å². The first-order chi connectivity index (χ1) is 8.75. The van der Waals surface area contributed by atoms with E-state index in [-0.39, 0.29) is 5.38 Å². The summed E-state index contributed by atoms with van der Waals surface area (Å²) < 4.78 is 5.72. The minimum Gasteiger partial charge on any atom is -0.378 e. The van der Waals surface area contributed by atoms with Gasteiger partial charge in [-0.25, -0.2) is 0 Å². The first-order valence-corrected chi connectivity index (χ1v) is 7.56. The minimum absolute atomic E-state index is 0.149. The van der Waals surface area contributed by atoms with Crippen LogP contribution in [0.3, 0.4) is 0 Å². The van der Waals surface area contributed by atoms with Gasteiger partial charge in [0.05, 0.1) is 6.10 Å². The largest absolute Gasteiger partial charge is 0.378 e. The van der Waals surface area contributed by atoms with Gasteiger partial charge in [0.15, 0.2) is 0 Å². The maximum absolute atomic E-state index is 6.39. The molecule has 0 bridgehead atoms. The van der Waals surface area contributed by atoms with Crippen molar-refractivity contribution in [1.29, 1.82) is 0 Å². The molecule has 1 heterocycles. The number of hydrogen-bond acceptors (Lipinski definition) is 1. The second-order valence-electron chi connectivity index (χ2n) is 4.96. The Bertz CT molecular complexity index is 361.